The maximum atomic E-state index is 12.0. The highest BCUT2D eigenvalue weighted by molar-refractivity contribution is 7.89. The maximum absolute atomic E-state index is 12.0. The average Bonchev–Trinajstić information content (AvgIpc) is 2.69. The number of nitrogen functional groups attached to an aromatic ring is 1. The molecular formula is C10H20N4O3S. The highest BCUT2D eigenvalue weighted by Gasteiger charge is 2.25. The molecule has 1 aromatic rings. The minimum Gasteiger partial charge on any atom is -0.381 e. The third-order valence-corrected chi connectivity index (χ3v) is 4.03. The molecule has 0 saturated carbocycles. The second-order valence-corrected chi connectivity index (χ2v) is 6.26. The van der Waals surface area contributed by atoms with E-state index >= 15 is 0 Å². The van der Waals surface area contributed by atoms with Gasteiger partial charge in [0.1, 0.15) is 4.90 Å². The minimum atomic E-state index is -3.66. The van der Waals surface area contributed by atoms with Gasteiger partial charge in [-0.05, 0) is 20.8 Å². The predicted octanol–water partition coefficient (Wildman–Crippen LogP) is 0.189. The monoisotopic (exact) mass is 276 g/mol. The summed E-state index contributed by atoms with van der Waals surface area (Å²) < 4.78 is 33.2. The number of nitrogens with zero attached hydrogens (tertiary/aromatic N) is 2. The molecule has 0 aromatic carbocycles. The molecule has 0 radical (unpaired) electrons. The fraction of sp³-hybridized carbons (Fsp3) is 0.700. The van der Waals surface area contributed by atoms with E-state index in [1.807, 2.05) is 6.92 Å². The molecule has 0 unspecified atom stereocenters. The van der Waals surface area contributed by atoms with E-state index in [0.717, 1.165) is 0 Å². The van der Waals surface area contributed by atoms with Crippen molar-refractivity contribution in [2.24, 2.45) is 0 Å². The molecule has 8 heteroatoms. The Hall–Kier alpha value is -1.12. The number of hydrogen-bond donors (Lipinski definition) is 2. The third-order valence-electron chi connectivity index (χ3n) is 2.61. The fourth-order valence-electron chi connectivity index (χ4n) is 1.21. The molecule has 104 valence electrons. The van der Waals surface area contributed by atoms with Crippen LogP contribution in [0.25, 0.3) is 0 Å². The number of nitrogens with two attached hydrogens (primary N) is 1. The molecule has 1 heterocycles. The summed E-state index contributed by atoms with van der Waals surface area (Å²) in [7, 11) is -2.14. The van der Waals surface area contributed by atoms with Gasteiger partial charge in [-0.15, -0.1) is 0 Å². The molecule has 3 N–H and O–H groups in total. The molecular weight excluding hydrogens is 256 g/mol. The summed E-state index contributed by atoms with van der Waals surface area (Å²) in [5.74, 6) is -0.000395. The topological polar surface area (TPSA) is 99.2 Å². The first kappa shape index (κ1) is 14.9. The van der Waals surface area contributed by atoms with Gasteiger partial charge in [0, 0.05) is 26.4 Å². The van der Waals surface area contributed by atoms with E-state index in [1.54, 1.807) is 13.8 Å². The van der Waals surface area contributed by atoms with E-state index in [2.05, 4.69) is 9.82 Å². The van der Waals surface area contributed by atoms with Gasteiger partial charge in [-0.25, -0.2) is 13.1 Å². The Kier molecular flexibility index (Phi) is 4.36. The van der Waals surface area contributed by atoms with Crippen molar-refractivity contribution in [3.63, 3.8) is 0 Å². The number of rotatable bonds is 6. The lowest BCUT2D eigenvalue weighted by atomic mass is 10.1. The molecule has 1 aromatic heterocycles. The van der Waals surface area contributed by atoms with Crippen LogP contribution in [-0.4, -0.2) is 37.5 Å². The Morgan fingerprint density at radius 2 is 2.17 bits per heavy atom. The van der Waals surface area contributed by atoms with E-state index in [4.69, 9.17) is 10.5 Å². The zero-order valence-electron chi connectivity index (χ0n) is 11.1. The first-order valence-electron chi connectivity index (χ1n) is 5.59. The summed E-state index contributed by atoms with van der Waals surface area (Å²) in [5, 5.41) is 3.90. The van der Waals surface area contributed by atoms with E-state index in [0.29, 0.717) is 6.54 Å². The van der Waals surface area contributed by atoms with Gasteiger partial charge in [-0.3, -0.25) is 4.68 Å². The zero-order valence-corrected chi connectivity index (χ0v) is 11.9. The number of hydrogen-bond acceptors (Lipinski definition) is 5. The van der Waals surface area contributed by atoms with Gasteiger partial charge in [0.2, 0.25) is 10.0 Å². The predicted molar refractivity (Wildman–Crippen MR) is 68.6 cm³/mol. The second-order valence-electron chi connectivity index (χ2n) is 4.52. The van der Waals surface area contributed by atoms with Crippen LogP contribution in [0.2, 0.25) is 0 Å². The minimum absolute atomic E-state index is 0.000395. The number of aryl methyl sites for hydroxylation is 1. The van der Waals surface area contributed by atoms with Crippen molar-refractivity contribution in [2.75, 3.05) is 19.4 Å². The van der Waals surface area contributed by atoms with Crippen LogP contribution in [0.5, 0.6) is 0 Å². The first-order chi connectivity index (χ1) is 8.22. The molecule has 0 atom stereocenters. The normalized spacial score (nSPS) is 12.9. The molecule has 0 aliphatic rings. The van der Waals surface area contributed by atoms with Crippen LogP contribution < -0.4 is 10.5 Å². The van der Waals surface area contributed by atoms with Crippen molar-refractivity contribution in [1.82, 2.24) is 14.5 Å². The van der Waals surface area contributed by atoms with Crippen molar-refractivity contribution in [1.29, 1.82) is 0 Å². The molecule has 0 bridgehead atoms. The van der Waals surface area contributed by atoms with Crippen LogP contribution in [0.15, 0.2) is 11.1 Å². The van der Waals surface area contributed by atoms with Gasteiger partial charge in [0.25, 0.3) is 0 Å². The van der Waals surface area contributed by atoms with E-state index in [-0.39, 0.29) is 17.3 Å². The number of anilines is 1. The van der Waals surface area contributed by atoms with Crippen LogP contribution in [0.1, 0.15) is 20.8 Å². The van der Waals surface area contributed by atoms with Gasteiger partial charge in [-0.2, -0.15) is 5.10 Å². The first-order valence-corrected chi connectivity index (χ1v) is 7.08. The molecule has 0 saturated heterocycles. The smallest absolute Gasteiger partial charge is 0.245 e. The van der Waals surface area contributed by atoms with Gasteiger partial charge in [0.15, 0.2) is 5.82 Å². The molecule has 0 spiro atoms. The molecule has 7 nitrogen and oxygen atoms in total. The molecule has 0 fully saturated rings. The second kappa shape index (κ2) is 5.25. The average molecular weight is 276 g/mol. The van der Waals surface area contributed by atoms with Crippen LogP contribution in [0, 0.1) is 0 Å². The number of methoxy groups -OCH3 is 1. The standard InChI is InChI=1S/C10H20N4O3S/c1-5-14-6-8(9(11)13-14)18(15,16)12-7-10(2,3)17-4/h6,12H,5,7H2,1-4H3,(H2,11,13). The molecule has 1 rings (SSSR count). The molecule has 0 aliphatic carbocycles. The van der Waals surface area contributed by atoms with Crippen LogP contribution in [0.4, 0.5) is 5.82 Å². The number of sulfonamides is 1. The summed E-state index contributed by atoms with van der Waals surface area (Å²) in [5.41, 5.74) is 5.01. The van der Waals surface area contributed by atoms with Crippen molar-refractivity contribution in [3.8, 4) is 0 Å². The fourth-order valence-corrected chi connectivity index (χ4v) is 2.48. The Morgan fingerprint density at radius 3 is 2.61 bits per heavy atom. The van der Waals surface area contributed by atoms with Gasteiger partial charge in [-0.1, -0.05) is 0 Å². The zero-order chi connectivity index (χ0) is 14.0. The van der Waals surface area contributed by atoms with Crippen LogP contribution >= 0.6 is 0 Å². The van der Waals surface area contributed by atoms with Gasteiger partial charge >= 0.3 is 0 Å². The summed E-state index contributed by atoms with van der Waals surface area (Å²) in [6.45, 7) is 6.14. The number of aromatic nitrogens is 2. The largest absolute Gasteiger partial charge is 0.381 e. The Morgan fingerprint density at radius 1 is 1.56 bits per heavy atom. The lowest BCUT2D eigenvalue weighted by Crippen LogP contribution is -2.39. The van der Waals surface area contributed by atoms with Crippen LogP contribution in [-0.2, 0) is 21.3 Å². The van der Waals surface area contributed by atoms with E-state index in [1.165, 1.54) is 18.0 Å². The van der Waals surface area contributed by atoms with Gasteiger partial charge < -0.3 is 10.5 Å². The summed E-state index contributed by atoms with van der Waals surface area (Å²) in [4.78, 5) is -0.00347. The van der Waals surface area contributed by atoms with Crippen molar-refractivity contribution < 1.29 is 13.2 Å². The SMILES string of the molecule is CCn1cc(S(=O)(=O)NCC(C)(C)OC)c(N)n1. The lowest BCUT2D eigenvalue weighted by molar-refractivity contribution is 0.0276. The lowest BCUT2D eigenvalue weighted by Gasteiger charge is -2.22. The maximum Gasteiger partial charge on any atom is 0.245 e. The van der Waals surface area contributed by atoms with Crippen molar-refractivity contribution in [3.05, 3.63) is 6.20 Å². The summed E-state index contributed by atoms with van der Waals surface area (Å²) >= 11 is 0. The van der Waals surface area contributed by atoms with Gasteiger partial charge in [0.05, 0.1) is 5.60 Å². The van der Waals surface area contributed by atoms with E-state index < -0.39 is 15.6 Å². The third kappa shape index (κ3) is 3.44. The van der Waals surface area contributed by atoms with E-state index in [9.17, 15) is 8.42 Å². The Balaban J connectivity index is 2.90. The highest BCUT2D eigenvalue weighted by atomic mass is 32.2. The highest BCUT2D eigenvalue weighted by Crippen LogP contribution is 2.16. The number of ether oxygens (including phenoxy) is 1. The Labute approximate surface area is 107 Å². The Bertz CT molecular complexity index is 507. The van der Waals surface area contributed by atoms with Crippen molar-refractivity contribution >= 4 is 15.8 Å². The molecule has 18 heavy (non-hydrogen) atoms. The van der Waals surface area contributed by atoms with Crippen molar-refractivity contribution in [2.45, 2.75) is 37.8 Å². The number of nitrogens with one attached hydrogen (secondary N) is 1. The summed E-state index contributed by atoms with van der Waals surface area (Å²) in [6.07, 6.45) is 1.41. The quantitative estimate of drug-likeness (QED) is 0.772. The van der Waals surface area contributed by atoms with Crippen LogP contribution in [0.3, 0.4) is 0 Å². The molecule has 0 aliphatic heterocycles. The summed E-state index contributed by atoms with van der Waals surface area (Å²) in [6, 6.07) is 0. The molecule has 0 amide bonds.